The monoisotopic (exact) mass is 140 g/mol. The second-order valence-corrected chi connectivity index (χ2v) is 4.76. The predicted octanol–water partition coefficient (Wildman–Crippen LogP) is -2.22. The van der Waals surface area contributed by atoms with Gasteiger partial charge in [0, 0.05) is 0 Å². The molecule has 0 fully saturated rings. The van der Waals surface area contributed by atoms with Crippen LogP contribution < -0.4 is 0 Å². The van der Waals surface area contributed by atoms with Gasteiger partial charge in [0.2, 0.25) is 0 Å². The lowest BCUT2D eigenvalue weighted by Crippen LogP contribution is -2.18. The number of rotatable bonds is 1. The van der Waals surface area contributed by atoms with Crippen molar-refractivity contribution in [3.63, 3.8) is 0 Å². The Hall–Kier alpha value is 0.402. The van der Waals surface area contributed by atoms with Gasteiger partial charge in [-0.2, -0.15) is 8.42 Å². The summed E-state index contributed by atoms with van der Waals surface area (Å²) in [6.45, 7) is 0. The molecule has 1 atom stereocenters. The van der Waals surface area contributed by atoms with E-state index in [1.807, 2.05) is 0 Å². The van der Waals surface area contributed by atoms with Crippen LogP contribution in [0.1, 0.15) is 0 Å². The van der Waals surface area contributed by atoms with E-state index in [9.17, 15) is 8.42 Å². The molecule has 6 heteroatoms. The zero-order chi connectivity index (χ0) is 6.08. The van der Waals surface area contributed by atoms with Crippen molar-refractivity contribution >= 4 is 26.4 Å². The molecule has 0 spiro atoms. The van der Waals surface area contributed by atoms with E-state index in [-0.39, 0.29) is 16.3 Å². The van der Waals surface area contributed by atoms with E-state index in [2.05, 4.69) is 0 Å². The number of hydrogen-bond donors (Lipinski definition) is 2. The number of aliphatic hydroxyl groups is 1. The molecule has 7 heavy (non-hydrogen) atoms. The molecule has 0 aromatic heterocycles. The lowest BCUT2D eigenvalue weighted by atomic mass is 11.7. The zero-order valence-electron chi connectivity index (χ0n) is 3.70. The van der Waals surface area contributed by atoms with Gasteiger partial charge in [0.25, 0.3) is 26.4 Å². The van der Waals surface area contributed by atoms with Crippen molar-refractivity contribution in [1.29, 1.82) is 0 Å². The Morgan fingerprint density at radius 3 is 1.71 bits per heavy atom. The van der Waals surface area contributed by atoms with Gasteiger partial charge in [-0.05, 0) is 0 Å². The van der Waals surface area contributed by atoms with Crippen molar-refractivity contribution in [2.45, 2.75) is 4.30 Å². The third-order valence-corrected chi connectivity index (χ3v) is 3.08. The average Bonchev–Trinajstić information content (AvgIpc) is 1.31. The lowest BCUT2D eigenvalue weighted by Gasteiger charge is -1.94. The van der Waals surface area contributed by atoms with Crippen molar-refractivity contribution in [1.82, 2.24) is 0 Å². The summed E-state index contributed by atoms with van der Waals surface area (Å²) >= 11 is 0.0455. The van der Waals surface area contributed by atoms with E-state index < -0.39 is 14.4 Å². The Bertz CT molecular complexity index is 134. The van der Waals surface area contributed by atoms with Crippen LogP contribution in [-0.4, -0.2) is 38.7 Å². The molecule has 0 saturated carbocycles. The standard InChI is InChI=1S/CH3O4S.Al.2H/c2-1-6(3,4)5;;;/h1-2H,(H,3,4,5);;;. The fraction of sp³-hybridized carbons (Fsp3) is 1.00. The molecule has 2 N–H and O–H groups in total. The summed E-state index contributed by atoms with van der Waals surface area (Å²) in [5.41, 5.74) is 0. The molecule has 4 nitrogen and oxygen atoms in total. The van der Waals surface area contributed by atoms with Gasteiger partial charge in [0.15, 0.2) is 0 Å². The smallest absolute Gasteiger partial charge is 0.288 e. The normalized spacial score (nSPS) is 16.3. The summed E-state index contributed by atoms with van der Waals surface area (Å²) in [6, 6.07) is 0. The van der Waals surface area contributed by atoms with Crippen LogP contribution in [0.25, 0.3) is 0 Å². The summed E-state index contributed by atoms with van der Waals surface area (Å²) in [6.07, 6.45) is 0. The topological polar surface area (TPSA) is 74.6 Å². The van der Waals surface area contributed by atoms with E-state index >= 15 is 0 Å². The lowest BCUT2D eigenvalue weighted by molar-refractivity contribution is 0.302. The van der Waals surface area contributed by atoms with Crippen LogP contribution in [0.5, 0.6) is 0 Å². The Balaban J connectivity index is 4.10. The molecule has 0 amide bonds. The molecule has 0 aliphatic rings. The number of aliphatic hydroxyl groups excluding tert-OH is 1. The van der Waals surface area contributed by atoms with Crippen LogP contribution in [0.15, 0.2) is 0 Å². The van der Waals surface area contributed by atoms with Gasteiger partial charge in [-0.3, -0.25) is 4.55 Å². The average molecular weight is 140 g/mol. The van der Waals surface area contributed by atoms with E-state index in [0.29, 0.717) is 0 Å². The molecule has 0 heterocycles. The molecular formula is CH5AlO4S. The van der Waals surface area contributed by atoms with Crippen molar-refractivity contribution in [2.75, 3.05) is 0 Å². The van der Waals surface area contributed by atoms with Crippen molar-refractivity contribution in [3.05, 3.63) is 0 Å². The van der Waals surface area contributed by atoms with Gasteiger partial charge in [0.05, 0.1) is 0 Å². The summed E-state index contributed by atoms with van der Waals surface area (Å²) in [5, 5.41) is 8.11. The molecule has 1 unspecified atom stereocenters. The van der Waals surface area contributed by atoms with Gasteiger partial charge in [-0.25, -0.2) is 0 Å². The predicted molar refractivity (Wildman–Crippen MR) is 26.1 cm³/mol. The highest BCUT2D eigenvalue weighted by molar-refractivity contribution is 7.87. The SMILES string of the molecule is O=S(=O)(O)[CH](O)[AlH2]. The molecule has 0 aliphatic heterocycles. The molecule has 0 aliphatic carbocycles. The van der Waals surface area contributed by atoms with E-state index in [1.165, 1.54) is 0 Å². The maximum atomic E-state index is 9.67. The maximum Gasteiger partial charge on any atom is 0.288 e. The fourth-order valence-electron chi connectivity index (χ4n) is 0. The van der Waals surface area contributed by atoms with Crippen molar-refractivity contribution in [2.24, 2.45) is 0 Å². The van der Waals surface area contributed by atoms with Crippen LogP contribution in [-0.2, 0) is 10.1 Å². The summed E-state index contributed by atoms with van der Waals surface area (Å²) in [4.78, 5) is 0. The summed E-state index contributed by atoms with van der Waals surface area (Å²) in [7, 11) is -4.12. The molecule has 0 rings (SSSR count). The Kier molecular flexibility index (Phi) is 2.24. The molecule has 0 saturated heterocycles. The quantitative estimate of drug-likeness (QED) is 0.319. The maximum absolute atomic E-state index is 9.67. The van der Waals surface area contributed by atoms with Gasteiger partial charge in [-0.1, -0.05) is 0 Å². The molecule has 0 aromatic rings. The summed E-state index contributed by atoms with van der Waals surface area (Å²) in [5.74, 6) is 0. The molecule has 0 radical (unpaired) electrons. The van der Waals surface area contributed by atoms with Crippen molar-refractivity contribution < 1.29 is 18.1 Å². The van der Waals surface area contributed by atoms with Gasteiger partial charge in [0.1, 0.15) is 4.30 Å². The van der Waals surface area contributed by atoms with Crippen LogP contribution >= 0.6 is 0 Å². The molecule has 0 bridgehead atoms. The minimum absolute atomic E-state index is 0.0455. The first-order chi connectivity index (χ1) is 2.94. The third-order valence-electron chi connectivity index (χ3n) is 0.431. The first-order valence-corrected chi connectivity index (χ1v) is 4.25. The Morgan fingerprint density at radius 2 is 1.71 bits per heavy atom. The highest BCUT2D eigenvalue weighted by Crippen LogP contribution is 1.83. The largest absolute Gasteiger partial charge is 0.392 e. The van der Waals surface area contributed by atoms with E-state index in [4.69, 9.17) is 9.66 Å². The van der Waals surface area contributed by atoms with Gasteiger partial charge in [-0.15, -0.1) is 0 Å². The first kappa shape index (κ1) is 7.40. The van der Waals surface area contributed by atoms with Crippen LogP contribution in [0, 0.1) is 0 Å². The highest BCUT2D eigenvalue weighted by atomic mass is 32.2. The van der Waals surface area contributed by atoms with Gasteiger partial charge < -0.3 is 5.11 Å². The van der Waals surface area contributed by atoms with E-state index in [1.54, 1.807) is 0 Å². The minimum atomic E-state index is -4.12. The Morgan fingerprint density at radius 1 is 1.57 bits per heavy atom. The molecule has 42 valence electrons. The fourth-order valence-corrected chi connectivity index (χ4v) is 0. The zero-order valence-corrected chi connectivity index (χ0v) is 6.51. The summed E-state index contributed by atoms with van der Waals surface area (Å²) < 4.78 is 25.7. The molecule has 0 aromatic carbocycles. The second kappa shape index (κ2) is 2.11. The first-order valence-electron chi connectivity index (χ1n) is 1.59. The Labute approximate surface area is 49.3 Å². The minimum Gasteiger partial charge on any atom is -0.392 e. The number of hydrogen-bond acceptors (Lipinski definition) is 3. The van der Waals surface area contributed by atoms with Crippen molar-refractivity contribution in [3.8, 4) is 0 Å². The van der Waals surface area contributed by atoms with Gasteiger partial charge >= 0.3 is 0 Å². The van der Waals surface area contributed by atoms with Crippen LogP contribution in [0.2, 0.25) is 0 Å². The van der Waals surface area contributed by atoms with Crippen LogP contribution in [0.3, 0.4) is 0 Å². The van der Waals surface area contributed by atoms with E-state index in [0.717, 1.165) is 0 Å². The van der Waals surface area contributed by atoms with Crippen LogP contribution in [0.4, 0.5) is 0 Å². The highest BCUT2D eigenvalue weighted by Gasteiger charge is 2.10. The molecular weight excluding hydrogens is 135 g/mol. The third kappa shape index (κ3) is 3.03. The second-order valence-electron chi connectivity index (χ2n) is 1.11.